The van der Waals surface area contributed by atoms with Crippen molar-refractivity contribution in [3.05, 3.63) is 40.4 Å². The van der Waals surface area contributed by atoms with Crippen molar-refractivity contribution in [1.82, 2.24) is 5.32 Å². The summed E-state index contributed by atoms with van der Waals surface area (Å²) in [7, 11) is 0. The second-order valence-electron chi connectivity index (χ2n) is 4.30. The van der Waals surface area contributed by atoms with E-state index in [4.69, 9.17) is 27.9 Å². The Morgan fingerprint density at radius 1 is 1.29 bits per heavy atom. The first kappa shape index (κ1) is 12.7. The molecular weight excluding hydrogens is 257 g/mol. The third-order valence-corrected chi connectivity index (χ3v) is 2.93. The molecule has 1 aromatic carbocycles. The Morgan fingerprint density at radius 3 is 2.53 bits per heavy atom. The summed E-state index contributed by atoms with van der Waals surface area (Å²) in [5.41, 5.74) is 1.02. The molecule has 0 spiro atoms. The van der Waals surface area contributed by atoms with Gasteiger partial charge in [-0.2, -0.15) is 0 Å². The molecule has 92 valence electrons. The third kappa shape index (κ3) is 4.58. The van der Waals surface area contributed by atoms with Gasteiger partial charge >= 0.3 is 0 Å². The van der Waals surface area contributed by atoms with Gasteiger partial charge in [-0.05, 0) is 36.6 Å². The molecule has 0 saturated heterocycles. The van der Waals surface area contributed by atoms with Crippen molar-refractivity contribution in [2.75, 3.05) is 13.2 Å². The van der Waals surface area contributed by atoms with E-state index in [1.165, 1.54) is 12.8 Å². The Labute approximate surface area is 112 Å². The van der Waals surface area contributed by atoms with Crippen molar-refractivity contribution in [2.24, 2.45) is 0 Å². The maximum absolute atomic E-state index is 5.88. The molecule has 17 heavy (non-hydrogen) atoms. The number of benzene rings is 1. The molecule has 1 fully saturated rings. The van der Waals surface area contributed by atoms with Crippen molar-refractivity contribution >= 4 is 23.2 Å². The van der Waals surface area contributed by atoms with Crippen LogP contribution < -0.4 is 10.1 Å². The second kappa shape index (κ2) is 5.76. The molecule has 1 aliphatic carbocycles. The minimum Gasteiger partial charge on any atom is -0.489 e. The second-order valence-corrected chi connectivity index (χ2v) is 5.17. The van der Waals surface area contributed by atoms with Crippen LogP contribution in [-0.2, 0) is 0 Å². The molecule has 0 aliphatic heterocycles. The first-order valence-corrected chi connectivity index (χ1v) is 6.38. The predicted molar refractivity (Wildman–Crippen MR) is 72.1 cm³/mol. The van der Waals surface area contributed by atoms with E-state index in [1.807, 2.05) is 0 Å². The van der Waals surface area contributed by atoms with E-state index in [9.17, 15) is 0 Å². The van der Waals surface area contributed by atoms with Crippen LogP contribution in [0, 0.1) is 0 Å². The summed E-state index contributed by atoms with van der Waals surface area (Å²) < 4.78 is 5.57. The lowest BCUT2D eigenvalue weighted by molar-refractivity contribution is 0.348. The van der Waals surface area contributed by atoms with Crippen LogP contribution in [0.5, 0.6) is 5.75 Å². The highest BCUT2D eigenvalue weighted by atomic mass is 35.5. The minimum atomic E-state index is 0.483. The molecule has 1 aromatic rings. The van der Waals surface area contributed by atoms with Gasteiger partial charge in [0.25, 0.3) is 0 Å². The van der Waals surface area contributed by atoms with Gasteiger partial charge in [0.15, 0.2) is 0 Å². The fraction of sp³-hybridized carbons (Fsp3) is 0.385. The van der Waals surface area contributed by atoms with Gasteiger partial charge in [0.2, 0.25) is 0 Å². The highest BCUT2D eigenvalue weighted by Crippen LogP contribution is 2.24. The minimum absolute atomic E-state index is 0.483. The van der Waals surface area contributed by atoms with E-state index in [-0.39, 0.29) is 0 Å². The molecule has 2 rings (SSSR count). The van der Waals surface area contributed by atoms with Crippen LogP contribution >= 0.6 is 23.2 Å². The quantitative estimate of drug-likeness (QED) is 0.797. The van der Waals surface area contributed by atoms with E-state index in [0.717, 1.165) is 12.1 Å². The lowest BCUT2D eigenvalue weighted by Gasteiger charge is -2.10. The zero-order valence-electron chi connectivity index (χ0n) is 9.51. The number of hydrogen-bond donors (Lipinski definition) is 1. The number of halogens is 2. The Balaban J connectivity index is 1.77. The van der Waals surface area contributed by atoms with Crippen LogP contribution in [0.2, 0.25) is 10.0 Å². The summed E-state index contributed by atoms with van der Waals surface area (Å²) in [6.07, 6.45) is 2.55. The standard InChI is InChI=1S/C13H15Cl2NO/c1-9(7-16-12-2-3-12)8-17-13-5-10(14)4-11(15)6-13/h4-6,12,16H,1-3,7-8H2. The van der Waals surface area contributed by atoms with Gasteiger partial charge in [-0.3, -0.25) is 0 Å². The SMILES string of the molecule is C=C(CNC1CC1)COc1cc(Cl)cc(Cl)c1. The lowest BCUT2D eigenvalue weighted by Crippen LogP contribution is -2.21. The van der Waals surface area contributed by atoms with Gasteiger partial charge in [0.1, 0.15) is 12.4 Å². The Bertz CT molecular complexity index is 396. The van der Waals surface area contributed by atoms with Crippen LogP contribution in [0.1, 0.15) is 12.8 Å². The van der Waals surface area contributed by atoms with E-state index in [1.54, 1.807) is 18.2 Å². The molecule has 0 radical (unpaired) electrons. The van der Waals surface area contributed by atoms with Crippen molar-refractivity contribution in [2.45, 2.75) is 18.9 Å². The third-order valence-electron chi connectivity index (χ3n) is 2.50. The van der Waals surface area contributed by atoms with Crippen molar-refractivity contribution in [3.8, 4) is 5.75 Å². The first-order chi connectivity index (χ1) is 8.13. The molecule has 0 heterocycles. The predicted octanol–water partition coefficient (Wildman–Crippen LogP) is 3.68. The molecule has 1 N–H and O–H groups in total. The maximum Gasteiger partial charge on any atom is 0.122 e. The Hall–Kier alpha value is -0.700. The number of hydrogen-bond acceptors (Lipinski definition) is 2. The largest absolute Gasteiger partial charge is 0.489 e. The van der Waals surface area contributed by atoms with Gasteiger partial charge < -0.3 is 10.1 Å². The summed E-state index contributed by atoms with van der Waals surface area (Å²) >= 11 is 11.8. The van der Waals surface area contributed by atoms with Crippen LogP contribution in [0.3, 0.4) is 0 Å². The summed E-state index contributed by atoms with van der Waals surface area (Å²) in [6, 6.07) is 5.86. The summed E-state index contributed by atoms with van der Waals surface area (Å²) in [4.78, 5) is 0. The van der Waals surface area contributed by atoms with Crippen molar-refractivity contribution in [1.29, 1.82) is 0 Å². The van der Waals surface area contributed by atoms with Gasteiger partial charge in [-0.1, -0.05) is 29.8 Å². The van der Waals surface area contributed by atoms with Crippen molar-refractivity contribution in [3.63, 3.8) is 0 Å². The van der Waals surface area contributed by atoms with Crippen LogP contribution in [0.4, 0.5) is 0 Å². The molecular formula is C13H15Cl2NO. The van der Waals surface area contributed by atoms with Crippen LogP contribution in [0.25, 0.3) is 0 Å². The highest BCUT2D eigenvalue weighted by molar-refractivity contribution is 6.34. The molecule has 1 aliphatic rings. The normalized spacial score (nSPS) is 14.7. The van der Waals surface area contributed by atoms with E-state index in [0.29, 0.717) is 28.4 Å². The number of nitrogens with one attached hydrogen (secondary N) is 1. The average molecular weight is 272 g/mol. The van der Waals surface area contributed by atoms with Crippen molar-refractivity contribution < 1.29 is 4.74 Å². The monoisotopic (exact) mass is 271 g/mol. The van der Waals surface area contributed by atoms with E-state index < -0.39 is 0 Å². The zero-order valence-corrected chi connectivity index (χ0v) is 11.0. The molecule has 1 saturated carbocycles. The topological polar surface area (TPSA) is 21.3 Å². The number of ether oxygens (including phenoxy) is 1. The molecule has 0 aromatic heterocycles. The van der Waals surface area contributed by atoms with Gasteiger partial charge in [-0.25, -0.2) is 0 Å². The highest BCUT2D eigenvalue weighted by Gasteiger charge is 2.20. The fourth-order valence-corrected chi connectivity index (χ4v) is 1.93. The molecule has 0 atom stereocenters. The maximum atomic E-state index is 5.88. The smallest absolute Gasteiger partial charge is 0.122 e. The Morgan fingerprint density at radius 2 is 1.94 bits per heavy atom. The molecule has 0 bridgehead atoms. The first-order valence-electron chi connectivity index (χ1n) is 5.62. The molecule has 2 nitrogen and oxygen atoms in total. The van der Waals surface area contributed by atoms with E-state index >= 15 is 0 Å². The summed E-state index contributed by atoms with van der Waals surface area (Å²) in [5.74, 6) is 0.676. The fourth-order valence-electron chi connectivity index (χ4n) is 1.42. The molecule has 4 heteroatoms. The Kier molecular flexibility index (Phi) is 4.32. The lowest BCUT2D eigenvalue weighted by atomic mass is 10.3. The van der Waals surface area contributed by atoms with Crippen LogP contribution in [0.15, 0.2) is 30.4 Å². The summed E-state index contributed by atoms with van der Waals surface area (Å²) in [5, 5.41) is 4.54. The zero-order chi connectivity index (χ0) is 12.3. The molecule has 0 amide bonds. The molecule has 0 unspecified atom stereocenters. The van der Waals surface area contributed by atoms with E-state index in [2.05, 4.69) is 11.9 Å². The van der Waals surface area contributed by atoms with Gasteiger partial charge in [0, 0.05) is 22.6 Å². The van der Waals surface area contributed by atoms with Crippen LogP contribution in [-0.4, -0.2) is 19.2 Å². The summed E-state index contributed by atoms with van der Waals surface area (Å²) in [6.45, 7) is 5.25. The van der Waals surface area contributed by atoms with Gasteiger partial charge in [0.05, 0.1) is 0 Å². The average Bonchev–Trinajstić information content (AvgIpc) is 3.06. The van der Waals surface area contributed by atoms with Gasteiger partial charge in [-0.15, -0.1) is 0 Å². The number of rotatable bonds is 6.